The number of carbonyl (C=O) groups excluding carboxylic acids is 3. The Hall–Kier alpha value is -1.61. The summed E-state index contributed by atoms with van der Waals surface area (Å²) < 4.78 is 17.9. The van der Waals surface area contributed by atoms with E-state index in [1.807, 2.05) is 13.8 Å². The Labute approximate surface area is 173 Å². The van der Waals surface area contributed by atoms with Gasteiger partial charge in [0.25, 0.3) is 0 Å². The van der Waals surface area contributed by atoms with Crippen molar-refractivity contribution in [2.45, 2.75) is 70.4 Å². The van der Waals surface area contributed by atoms with Gasteiger partial charge in [0.1, 0.15) is 11.5 Å². The van der Waals surface area contributed by atoms with Crippen LogP contribution in [0.25, 0.3) is 0 Å². The lowest BCUT2D eigenvalue weighted by molar-refractivity contribution is -0.486. The van der Waals surface area contributed by atoms with E-state index in [4.69, 9.17) is 14.2 Å². The van der Waals surface area contributed by atoms with Crippen LogP contribution in [-0.2, 0) is 28.6 Å². The summed E-state index contributed by atoms with van der Waals surface area (Å²) in [7, 11) is 0. The number of fused-ring (bicyclic) bond motifs is 2. The lowest BCUT2D eigenvalue weighted by Gasteiger charge is -2.77. The molecule has 10 unspecified atom stereocenters. The molecule has 30 heavy (non-hydrogen) atoms. The minimum absolute atomic E-state index is 0.148. The van der Waals surface area contributed by atoms with Gasteiger partial charge in [0.15, 0.2) is 17.9 Å². The van der Waals surface area contributed by atoms with Gasteiger partial charge in [-0.05, 0) is 24.8 Å². The first-order valence-electron chi connectivity index (χ1n) is 10.6. The Morgan fingerprint density at radius 1 is 1.30 bits per heavy atom. The molecule has 4 aliphatic heterocycles. The molecule has 8 rings (SSSR count). The minimum atomic E-state index is -2.55. The molecule has 7 bridgehead atoms. The first kappa shape index (κ1) is 19.1. The summed E-state index contributed by atoms with van der Waals surface area (Å²) in [4.78, 5) is 39.5. The van der Waals surface area contributed by atoms with E-state index >= 15 is 0 Å². The quantitative estimate of drug-likeness (QED) is 0.466. The molecule has 10 atom stereocenters. The Bertz CT molecular complexity index is 939. The standard InChI is InChI=1S/C22H26O8/c1-8-10-7-11(28-9(2)23)13-20-6-5-12-19(3,4)14(20)17(26)22(27,30-18(20)29-12)21(13,15(8)24)16(10)25/h10-14,16,18,25,27H,1,5-7H2,2-4H3. The maximum atomic E-state index is 13.9. The fraction of sp³-hybridized carbons (Fsp3) is 0.773. The summed E-state index contributed by atoms with van der Waals surface area (Å²) >= 11 is 0. The highest BCUT2D eigenvalue weighted by Crippen LogP contribution is 2.79. The number of carbonyl (C=O) groups is 3. The van der Waals surface area contributed by atoms with E-state index in [-0.39, 0.29) is 18.1 Å². The van der Waals surface area contributed by atoms with Crippen molar-refractivity contribution in [3.63, 3.8) is 0 Å². The number of rotatable bonds is 1. The van der Waals surface area contributed by atoms with Crippen LogP contribution in [0.3, 0.4) is 0 Å². The number of aliphatic hydroxyl groups is 2. The molecule has 4 saturated carbocycles. The Morgan fingerprint density at radius 3 is 2.67 bits per heavy atom. The summed E-state index contributed by atoms with van der Waals surface area (Å²) in [5.74, 6) is -6.36. The van der Waals surface area contributed by atoms with Crippen molar-refractivity contribution in [3.8, 4) is 0 Å². The smallest absolute Gasteiger partial charge is 0.302 e. The molecule has 0 aromatic heterocycles. The molecule has 8 aliphatic rings. The predicted octanol–water partition coefficient (Wildman–Crippen LogP) is 0.489. The maximum absolute atomic E-state index is 13.9. The fourth-order valence-electron chi connectivity index (χ4n) is 8.48. The molecule has 8 heteroatoms. The molecule has 0 amide bonds. The van der Waals surface area contributed by atoms with Gasteiger partial charge in [-0.3, -0.25) is 14.4 Å². The molecule has 2 spiro atoms. The lowest BCUT2D eigenvalue weighted by atomic mass is 9.34. The molecule has 4 heterocycles. The van der Waals surface area contributed by atoms with Gasteiger partial charge in [0, 0.05) is 35.5 Å². The third kappa shape index (κ3) is 1.56. The van der Waals surface area contributed by atoms with Crippen LogP contribution in [0.4, 0.5) is 0 Å². The predicted molar refractivity (Wildman–Crippen MR) is 98.4 cm³/mol. The van der Waals surface area contributed by atoms with Crippen LogP contribution in [0.15, 0.2) is 12.2 Å². The van der Waals surface area contributed by atoms with Crippen LogP contribution in [0.1, 0.15) is 40.0 Å². The number of ether oxygens (including phenoxy) is 3. The number of esters is 1. The summed E-state index contributed by atoms with van der Waals surface area (Å²) in [5, 5.41) is 23.2. The average Bonchev–Trinajstić information content (AvgIpc) is 2.77. The number of Topliss-reactive ketones (excluding diaryl/α,β-unsaturated/α-hetero) is 2. The van der Waals surface area contributed by atoms with Gasteiger partial charge in [-0.25, -0.2) is 0 Å². The zero-order valence-corrected chi connectivity index (χ0v) is 17.2. The first-order chi connectivity index (χ1) is 14.0. The molecular weight excluding hydrogens is 392 g/mol. The summed E-state index contributed by atoms with van der Waals surface area (Å²) in [6.07, 6.45) is -1.84. The summed E-state index contributed by atoms with van der Waals surface area (Å²) in [6.45, 7) is 9.04. The maximum Gasteiger partial charge on any atom is 0.302 e. The molecular formula is C22H26O8. The van der Waals surface area contributed by atoms with Crippen LogP contribution < -0.4 is 0 Å². The Morgan fingerprint density at radius 2 is 2.00 bits per heavy atom. The van der Waals surface area contributed by atoms with Crippen LogP contribution >= 0.6 is 0 Å². The lowest BCUT2D eigenvalue weighted by Crippen LogP contribution is -2.89. The third-order valence-corrected chi connectivity index (χ3v) is 9.32. The van der Waals surface area contributed by atoms with Gasteiger partial charge >= 0.3 is 5.97 Å². The van der Waals surface area contributed by atoms with Crippen LogP contribution in [0.2, 0.25) is 0 Å². The molecule has 8 nitrogen and oxygen atoms in total. The van der Waals surface area contributed by atoms with Crippen molar-refractivity contribution < 1.29 is 38.8 Å². The second kappa shape index (κ2) is 5.06. The SMILES string of the molecule is C=C1C(=O)C23C(O)C1CC(OC(C)=O)C2C12CCC4OC1OC3(O)C(=O)C2C4(C)C. The Balaban J connectivity index is 1.68. The van der Waals surface area contributed by atoms with E-state index in [0.717, 1.165) is 0 Å². The van der Waals surface area contributed by atoms with Gasteiger partial charge in [-0.15, -0.1) is 0 Å². The summed E-state index contributed by atoms with van der Waals surface area (Å²) in [5.41, 5.74) is -3.38. The molecule has 4 saturated heterocycles. The molecule has 4 aliphatic carbocycles. The topological polar surface area (TPSA) is 119 Å². The van der Waals surface area contributed by atoms with Crippen molar-refractivity contribution in [2.24, 2.45) is 34.0 Å². The van der Waals surface area contributed by atoms with Crippen LogP contribution in [-0.4, -0.2) is 58.1 Å². The van der Waals surface area contributed by atoms with Crippen molar-refractivity contribution in [2.75, 3.05) is 0 Å². The van der Waals surface area contributed by atoms with Crippen molar-refractivity contribution >= 4 is 17.5 Å². The monoisotopic (exact) mass is 418 g/mol. The van der Waals surface area contributed by atoms with E-state index in [1.54, 1.807) is 0 Å². The third-order valence-electron chi connectivity index (χ3n) is 9.32. The van der Waals surface area contributed by atoms with E-state index in [1.165, 1.54) is 6.92 Å². The molecule has 162 valence electrons. The van der Waals surface area contributed by atoms with Gasteiger partial charge in [0.05, 0.1) is 12.2 Å². The number of aliphatic hydroxyl groups excluding tert-OH is 1. The zero-order valence-electron chi connectivity index (χ0n) is 17.2. The van der Waals surface area contributed by atoms with Gasteiger partial charge in [-0.1, -0.05) is 20.4 Å². The molecule has 0 aromatic rings. The number of ketones is 2. The normalized spacial score (nSPS) is 56.8. The molecule has 8 fully saturated rings. The second-order valence-corrected chi connectivity index (χ2v) is 10.6. The first-order valence-corrected chi connectivity index (χ1v) is 10.6. The van der Waals surface area contributed by atoms with E-state index in [0.29, 0.717) is 12.8 Å². The van der Waals surface area contributed by atoms with Gasteiger partial charge in [0.2, 0.25) is 5.79 Å². The minimum Gasteiger partial charge on any atom is -0.462 e. The average molecular weight is 418 g/mol. The van der Waals surface area contributed by atoms with Gasteiger partial charge in [-0.2, -0.15) is 0 Å². The van der Waals surface area contributed by atoms with E-state index in [2.05, 4.69) is 6.58 Å². The zero-order chi connectivity index (χ0) is 21.6. The fourth-order valence-corrected chi connectivity index (χ4v) is 8.48. The summed E-state index contributed by atoms with van der Waals surface area (Å²) in [6, 6.07) is 0. The Kier molecular flexibility index (Phi) is 3.22. The highest BCUT2D eigenvalue weighted by Gasteiger charge is 2.92. The highest BCUT2D eigenvalue weighted by atomic mass is 16.8. The van der Waals surface area contributed by atoms with Crippen LogP contribution in [0, 0.1) is 34.0 Å². The van der Waals surface area contributed by atoms with Crippen LogP contribution in [0.5, 0.6) is 0 Å². The van der Waals surface area contributed by atoms with Crippen molar-refractivity contribution in [3.05, 3.63) is 12.2 Å². The second-order valence-electron chi connectivity index (χ2n) is 10.6. The number of hydrogen-bond acceptors (Lipinski definition) is 8. The largest absolute Gasteiger partial charge is 0.462 e. The number of hydrogen-bond donors (Lipinski definition) is 2. The molecule has 0 radical (unpaired) electrons. The van der Waals surface area contributed by atoms with Crippen molar-refractivity contribution in [1.29, 1.82) is 0 Å². The van der Waals surface area contributed by atoms with Crippen molar-refractivity contribution in [1.82, 2.24) is 0 Å². The van der Waals surface area contributed by atoms with E-state index < -0.39 is 75.8 Å². The molecule has 2 N–H and O–H groups in total. The highest BCUT2D eigenvalue weighted by molar-refractivity contribution is 6.10. The van der Waals surface area contributed by atoms with E-state index in [9.17, 15) is 24.6 Å². The molecule has 0 aromatic carbocycles. The van der Waals surface area contributed by atoms with Gasteiger partial charge < -0.3 is 24.4 Å².